The largest absolute Gasteiger partial charge is 0.342 e. The first-order valence-electron chi connectivity index (χ1n) is 10.6. The SMILES string of the molecule is CC1CCN(C(=O)CSc2nnc3n4ncnc4c4c5c(sc4n23)CCCC5)CC1. The van der Waals surface area contributed by atoms with Crippen LogP contribution in [0.1, 0.15) is 43.0 Å². The Morgan fingerprint density at radius 3 is 2.93 bits per heavy atom. The Morgan fingerprint density at radius 2 is 2.07 bits per heavy atom. The molecule has 1 aliphatic carbocycles. The van der Waals surface area contributed by atoms with Gasteiger partial charge in [0.05, 0.1) is 11.1 Å². The van der Waals surface area contributed by atoms with E-state index in [2.05, 4.69) is 31.6 Å². The van der Waals surface area contributed by atoms with Crippen LogP contribution in [0.5, 0.6) is 0 Å². The number of thiophene rings is 1. The van der Waals surface area contributed by atoms with Crippen LogP contribution in [0.2, 0.25) is 0 Å². The van der Waals surface area contributed by atoms with Crippen LogP contribution in [-0.2, 0) is 17.6 Å². The number of likely N-dealkylation sites (tertiary alicyclic amines) is 1. The second kappa shape index (κ2) is 7.19. The van der Waals surface area contributed by atoms with Gasteiger partial charge in [0.15, 0.2) is 10.8 Å². The summed E-state index contributed by atoms with van der Waals surface area (Å²) < 4.78 is 3.87. The van der Waals surface area contributed by atoms with Crippen molar-refractivity contribution in [2.24, 2.45) is 5.92 Å². The van der Waals surface area contributed by atoms with Crippen molar-refractivity contribution in [3.63, 3.8) is 0 Å². The van der Waals surface area contributed by atoms with E-state index in [9.17, 15) is 4.79 Å². The number of carbonyl (C=O) groups excluding carboxylic acids is 1. The minimum Gasteiger partial charge on any atom is -0.342 e. The standard InChI is InChI=1S/C20H23N7OS2/c1-12-6-8-25(9-7-12)15(28)10-29-20-24-23-19-26(20)18-16(17-21-11-22-27(17)19)13-4-2-3-5-14(13)30-18/h11-12H,2-10H2,1H3. The van der Waals surface area contributed by atoms with Crippen molar-refractivity contribution < 1.29 is 4.79 Å². The van der Waals surface area contributed by atoms with E-state index in [-0.39, 0.29) is 5.91 Å². The van der Waals surface area contributed by atoms with Gasteiger partial charge in [0, 0.05) is 18.0 Å². The van der Waals surface area contributed by atoms with Crippen molar-refractivity contribution in [3.8, 4) is 0 Å². The van der Waals surface area contributed by atoms with Crippen molar-refractivity contribution in [1.29, 1.82) is 0 Å². The molecule has 4 aromatic heterocycles. The minimum atomic E-state index is 0.187. The highest BCUT2D eigenvalue weighted by atomic mass is 32.2. The van der Waals surface area contributed by atoms with E-state index in [0.29, 0.717) is 17.4 Å². The molecule has 0 bridgehead atoms. The van der Waals surface area contributed by atoms with Crippen molar-refractivity contribution in [3.05, 3.63) is 16.8 Å². The predicted molar refractivity (Wildman–Crippen MR) is 117 cm³/mol. The third-order valence-corrected chi connectivity index (χ3v) is 8.58. The molecule has 10 heteroatoms. The predicted octanol–water partition coefficient (Wildman–Crippen LogP) is 3.22. The molecule has 0 unspecified atom stereocenters. The van der Waals surface area contributed by atoms with Gasteiger partial charge in [-0.1, -0.05) is 18.7 Å². The van der Waals surface area contributed by atoms with Crippen LogP contribution >= 0.6 is 23.1 Å². The van der Waals surface area contributed by atoms with Crippen LogP contribution in [0, 0.1) is 5.92 Å². The zero-order valence-corrected chi connectivity index (χ0v) is 18.5. The van der Waals surface area contributed by atoms with E-state index in [1.54, 1.807) is 10.8 Å². The molecule has 0 spiro atoms. The summed E-state index contributed by atoms with van der Waals surface area (Å²) in [5.74, 6) is 1.95. The summed E-state index contributed by atoms with van der Waals surface area (Å²) in [5, 5.41) is 15.2. The lowest BCUT2D eigenvalue weighted by molar-refractivity contribution is -0.129. The van der Waals surface area contributed by atoms with Gasteiger partial charge in [-0.2, -0.15) is 9.61 Å². The molecule has 0 saturated carbocycles. The Hall–Kier alpha value is -2.20. The van der Waals surface area contributed by atoms with Gasteiger partial charge in [-0.3, -0.25) is 4.79 Å². The van der Waals surface area contributed by atoms with E-state index < -0.39 is 0 Å². The third kappa shape index (κ3) is 2.84. The normalized spacial score (nSPS) is 18.0. The second-order valence-corrected chi connectivity index (χ2v) is 10.4. The van der Waals surface area contributed by atoms with E-state index in [4.69, 9.17) is 0 Å². The van der Waals surface area contributed by atoms with E-state index in [1.807, 2.05) is 16.2 Å². The van der Waals surface area contributed by atoms with Crippen LogP contribution in [0.4, 0.5) is 0 Å². The zero-order valence-electron chi connectivity index (χ0n) is 16.9. The number of hydrogen-bond donors (Lipinski definition) is 0. The number of nitrogens with zero attached hydrogens (tertiary/aromatic N) is 7. The summed E-state index contributed by atoms with van der Waals surface area (Å²) >= 11 is 3.30. The summed E-state index contributed by atoms with van der Waals surface area (Å²) in [5.41, 5.74) is 2.27. The summed E-state index contributed by atoms with van der Waals surface area (Å²) in [6.45, 7) is 3.99. The molecule has 1 aliphatic heterocycles. The minimum absolute atomic E-state index is 0.187. The molecule has 1 amide bonds. The number of thioether (sulfide) groups is 1. The molecule has 5 heterocycles. The molecule has 4 aromatic rings. The second-order valence-electron chi connectivity index (χ2n) is 8.36. The fourth-order valence-corrected chi connectivity index (χ4v) is 6.92. The lowest BCUT2D eigenvalue weighted by atomic mass is 9.97. The fourth-order valence-electron chi connectivity index (χ4n) is 4.64. The lowest BCUT2D eigenvalue weighted by Crippen LogP contribution is -2.38. The summed E-state index contributed by atoms with van der Waals surface area (Å²) in [6, 6.07) is 0. The summed E-state index contributed by atoms with van der Waals surface area (Å²) in [4.78, 5) is 21.9. The van der Waals surface area contributed by atoms with Crippen LogP contribution in [0.15, 0.2) is 11.5 Å². The van der Waals surface area contributed by atoms with Gasteiger partial charge in [-0.05, 0) is 50.0 Å². The number of aryl methyl sites for hydroxylation is 2. The van der Waals surface area contributed by atoms with Crippen molar-refractivity contribution in [2.45, 2.75) is 50.6 Å². The Bertz CT molecular complexity index is 1260. The van der Waals surface area contributed by atoms with E-state index in [0.717, 1.165) is 54.4 Å². The average molecular weight is 442 g/mol. The number of fused-ring (bicyclic) bond motifs is 8. The Labute approximate surface area is 181 Å². The van der Waals surface area contributed by atoms with Crippen LogP contribution < -0.4 is 0 Å². The maximum Gasteiger partial charge on any atom is 0.260 e. The molecule has 6 rings (SSSR count). The molecule has 2 aliphatic rings. The average Bonchev–Trinajstić information content (AvgIpc) is 3.47. The third-order valence-electron chi connectivity index (χ3n) is 6.39. The molecule has 0 N–H and O–H groups in total. The number of aromatic nitrogens is 6. The molecule has 1 fully saturated rings. The van der Waals surface area contributed by atoms with Gasteiger partial charge in [-0.15, -0.1) is 21.5 Å². The summed E-state index contributed by atoms with van der Waals surface area (Å²) in [7, 11) is 0. The highest BCUT2D eigenvalue weighted by Crippen LogP contribution is 2.39. The monoisotopic (exact) mass is 441 g/mol. The molecule has 30 heavy (non-hydrogen) atoms. The smallest absolute Gasteiger partial charge is 0.260 e. The zero-order chi connectivity index (χ0) is 20.2. The maximum atomic E-state index is 12.8. The van der Waals surface area contributed by atoms with Gasteiger partial charge < -0.3 is 4.90 Å². The first-order chi connectivity index (χ1) is 14.7. The Kier molecular flexibility index (Phi) is 4.45. The van der Waals surface area contributed by atoms with Gasteiger partial charge in [-0.25, -0.2) is 9.38 Å². The lowest BCUT2D eigenvalue weighted by Gasteiger charge is -2.30. The summed E-state index contributed by atoms with van der Waals surface area (Å²) in [6.07, 6.45) is 8.42. The van der Waals surface area contributed by atoms with Gasteiger partial charge in [0.25, 0.3) is 5.78 Å². The van der Waals surface area contributed by atoms with Crippen LogP contribution in [-0.4, -0.2) is 58.8 Å². The number of rotatable bonds is 3. The van der Waals surface area contributed by atoms with E-state index >= 15 is 0 Å². The first-order valence-corrected chi connectivity index (χ1v) is 12.4. The molecular formula is C20H23N7OS2. The highest BCUT2D eigenvalue weighted by Gasteiger charge is 2.26. The molecule has 8 nitrogen and oxygen atoms in total. The molecular weight excluding hydrogens is 418 g/mol. The van der Waals surface area contributed by atoms with Crippen LogP contribution in [0.25, 0.3) is 21.6 Å². The van der Waals surface area contributed by atoms with E-state index in [1.165, 1.54) is 40.4 Å². The Balaban J connectivity index is 1.40. The van der Waals surface area contributed by atoms with Gasteiger partial charge in [0.2, 0.25) is 5.91 Å². The number of amides is 1. The van der Waals surface area contributed by atoms with Gasteiger partial charge in [0.1, 0.15) is 11.2 Å². The fraction of sp³-hybridized carbons (Fsp3) is 0.550. The number of carbonyl (C=O) groups is 1. The number of piperidine rings is 1. The van der Waals surface area contributed by atoms with Crippen LogP contribution in [0.3, 0.4) is 0 Å². The topological polar surface area (TPSA) is 80.7 Å². The van der Waals surface area contributed by atoms with Gasteiger partial charge >= 0.3 is 0 Å². The first kappa shape index (κ1) is 18.6. The quantitative estimate of drug-likeness (QED) is 0.454. The van der Waals surface area contributed by atoms with Crippen molar-refractivity contribution in [1.82, 2.24) is 34.1 Å². The molecule has 0 aromatic carbocycles. The molecule has 156 valence electrons. The maximum absolute atomic E-state index is 12.8. The number of hydrogen-bond acceptors (Lipinski definition) is 7. The molecule has 1 saturated heterocycles. The molecule has 0 atom stereocenters. The Morgan fingerprint density at radius 1 is 1.23 bits per heavy atom. The van der Waals surface area contributed by atoms with Crippen molar-refractivity contribution in [2.75, 3.05) is 18.8 Å². The highest BCUT2D eigenvalue weighted by molar-refractivity contribution is 7.99. The molecule has 0 radical (unpaired) electrons. The van der Waals surface area contributed by atoms with Crippen molar-refractivity contribution >= 4 is 50.6 Å².